The van der Waals surface area contributed by atoms with E-state index in [2.05, 4.69) is 0 Å². The minimum atomic E-state index is -4.46. The first kappa shape index (κ1) is 22.3. The molecule has 168 valence electrons. The van der Waals surface area contributed by atoms with Crippen molar-refractivity contribution >= 4 is 11.6 Å². The van der Waals surface area contributed by atoms with E-state index in [0.717, 1.165) is 12.1 Å². The van der Waals surface area contributed by atoms with Gasteiger partial charge in [0.1, 0.15) is 24.4 Å². The SMILES string of the molecule is CC1(C)O[C@H]2O[C@H]([C@H]3COC(C)(C)O3)[C@H](OCc3ccc(C(F)(F)F)cc3Cl)[C@H]2O1. The Morgan fingerprint density at radius 2 is 1.80 bits per heavy atom. The van der Waals surface area contributed by atoms with Crippen molar-refractivity contribution < 1.29 is 41.6 Å². The zero-order chi connectivity index (χ0) is 21.9. The predicted octanol–water partition coefficient (Wildman–Crippen LogP) is 4.27. The molecule has 3 fully saturated rings. The van der Waals surface area contributed by atoms with Gasteiger partial charge in [-0.2, -0.15) is 13.2 Å². The molecule has 3 heterocycles. The summed E-state index contributed by atoms with van der Waals surface area (Å²) >= 11 is 6.07. The van der Waals surface area contributed by atoms with Gasteiger partial charge in [-0.25, -0.2) is 0 Å². The average Bonchev–Trinajstić information content (AvgIpc) is 3.22. The van der Waals surface area contributed by atoms with Gasteiger partial charge in [0.15, 0.2) is 17.9 Å². The Labute approximate surface area is 177 Å². The number of hydrogen-bond acceptors (Lipinski definition) is 6. The molecule has 6 nitrogen and oxygen atoms in total. The monoisotopic (exact) mass is 452 g/mol. The fourth-order valence-electron chi connectivity index (χ4n) is 3.90. The van der Waals surface area contributed by atoms with Crippen molar-refractivity contribution in [3.8, 4) is 0 Å². The first-order valence-electron chi connectivity index (χ1n) is 9.65. The molecular weight excluding hydrogens is 429 g/mol. The van der Waals surface area contributed by atoms with Gasteiger partial charge in [-0.15, -0.1) is 0 Å². The maximum atomic E-state index is 12.9. The molecule has 4 rings (SSSR count). The molecule has 30 heavy (non-hydrogen) atoms. The fraction of sp³-hybridized carbons (Fsp3) is 0.700. The molecule has 0 amide bonds. The van der Waals surface area contributed by atoms with Crippen molar-refractivity contribution in [3.63, 3.8) is 0 Å². The quantitative estimate of drug-likeness (QED) is 0.680. The third-order valence-electron chi connectivity index (χ3n) is 5.24. The smallest absolute Gasteiger partial charge is 0.368 e. The largest absolute Gasteiger partial charge is 0.416 e. The second-order valence-corrected chi connectivity index (χ2v) is 8.92. The predicted molar refractivity (Wildman–Crippen MR) is 98.6 cm³/mol. The van der Waals surface area contributed by atoms with Crippen LogP contribution >= 0.6 is 11.6 Å². The Balaban J connectivity index is 1.51. The zero-order valence-electron chi connectivity index (χ0n) is 17.0. The molecule has 0 aliphatic carbocycles. The van der Waals surface area contributed by atoms with Crippen molar-refractivity contribution in [1.82, 2.24) is 0 Å². The van der Waals surface area contributed by atoms with E-state index in [1.165, 1.54) is 6.07 Å². The van der Waals surface area contributed by atoms with Gasteiger partial charge >= 0.3 is 6.18 Å². The lowest BCUT2D eigenvalue weighted by atomic mass is 10.1. The van der Waals surface area contributed by atoms with E-state index in [9.17, 15) is 13.2 Å². The molecule has 3 aliphatic heterocycles. The molecule has 0 unspecified atom stereocenters. The van der Waals surface area contributed by atoms with Crippen LogP contribution in [0.2, 0.25) is 5.02 Å². The van der Waals surface area contributed by atoms with Crippen LogP contribution in [0.4, 0.5) is 13.2 Å². The number of rotatable bonds is 4. The molecule has 0 aromatic heterocycles. The van der Waals surface area contributed by atoms with Gasteiger partial charge in [-0.3, -0.25) is 0 Å². The van der Waals surface area contributed by atoms with Crippen LogP contribution in [-0.4, -0.2) is 48.9 Å². The summed E-state index contributed by atoms with van der Waals surface area (Å²) in [5.41, 5.74) is -0.389. The van der Waals surface area contributed by atoms with Gasteiger partial charge in [0.2, 0.25) is 0 Å². The van der Waals surface area contributed by atoms with Gasteiger partial charge in [0, 0.05) is 5.02 Å². The molecule has 5 atom stereocenters. The summed E-state index contributed by atoms with van der Waals surface area (Å²) < 4.78 is 74.0. The van der Waals surface area contributed by atoms with Crippen LogP contribution in [0, 0.1) is 0 Å². The summed E-state index contributed by atoms with van der Waals surface area (Å²) in [6.07, 6.45) is -7.16. The topological polar surface area (TPSA) is 55.4 Å². The summed E-state index contributed by atoms with van der Waals surface area (Å²) in [7, 11) is 0. The van der Waals surface area contributed by atoms with Crippen molar-refractivity contribution in [3.05, 3.63) is 34.3 Å². The molecular formula is C20H24ClF3O6. The Kier molecular flexibility index (Phi) is 5.63. The van der Waals surface area contributed by atoms with Crippen molar-refractivity contribution in [1.29, 1.82) is 0 Å². The van der Waals surface area contributed by atoms with Crippen LogP contribution in [-0.2, 0) is 41.2 Å². The number of halogens is 4. The highest BCUT2D eigenvalue weighted by molar-refractivity contribution is 6.31. The molecule has 1 aromatic carbocycles. The summed E-state index contributed by atoms with van der Waals surface area (Å²) in [4.78, 5) is 0. The van der Waals surface area contributed by atoms with Crippen LogP contribution in [0.3, 0.4) is 0 Å². The van der Waals surface area contributed by atoms with E-state index in [4.69, 9.17) is 40.0 Å². The van der Waals surface area contributed by atoms with Gasteiger partial charge in [0.05, 0.1) is 18.8 Å². The van der Waals surface area contributed by atoms with E-state index < -0.39 is 54.0 Å². The Morgan fingerprint density at radius 1 is 1.07 bits per heavy atom. The summed E-state index contributed by atoms with van der Waals surface area (Å²) in [6, 6.07) is 3.17. The van der Waals surface area contributed by atoms with Gasteiger partial charge in [-0.1, -0.05) is 17.7 Å². The minimum Gasteiger partial charge on any atom is -0.368 e. The molecule has 0 N–H and O–H groups in total. The summed E-state index contributed by atoms with van der Waals surface area (Å²) in [5.74, 6) is -1.60. The number of benzene rings is 1. The lowest BCUT2D eigenvalue weighted by Crippen LogP contribution is -2.44. The number of ether oxygens (including phenoxy) is 6. The molecule has 0 bridgehead atoms. The standard InChI is InChI=1S/C20H24ClF3O6/c1-18(2)26-9-13(28-18)14-15(16-17(27-14)30-19(3,4)29-16)25-8-10-5-6-11(7-12(10)21)20(22,23)24/h5-7,13-17H,8-9H2,1-4H3/t13-,14-,15+,16-,17-/m1/s1. The third-order valence-corrected chi connectivity index (χ3v) is 5.59. The Hall–Kier alpha value is -0.940. The van der Waals surface area contributed by atoms with Crippen LogP contribution in [0.15, 0.2) is 18.2 Å². The van der Waals surface area contributed by atoms with Crippen LogP contribution in [0.1, 0.15) is 38.8 Å². The Morgan fingerprint density at radius 3 is 2.40 bits per heavy atom. The summed E-state index contributed by atoms with van der Waals surface area (Å²) in [6.45, 7) is 7.43. The molecule has 0 spiro atoms. The van der Waals surface area contributed by atoms with Crippen molar-refractivity contribution in [2.24, 2.45) is 0 Å². The maximum Gasteiger partial charge on any atom is 0.416 e. The van der Waals surface area contributed by atoms with E-state index in [1.54, 1.807) is 27.7 Å². The number of alkyl halides is 3. The van der Waals surface area contributed by atoms with Crippen molar-refractivity contribution in [2.45, 2.75) is 82.8 Å². The van der Waals surface area contributed by atoms with Crippen LogP contribution in [0.25, 0.3) is 0 Å². The van der Waals surface area contributed by atoms with E-state index >= 15 is 0 Å². The highest BCUT2D eigenvalue weighted by Gasteiger charge is 2.58. The molecule has 3 aliphatic rings. The van der Waals surface area contributed by atoms with Crippen LogP contribution < -0.4 is 0 Å². The summed E-state index contributed by atoms with van der Waals surface area (Å²) in [5, 5.41) is -0.0256. The first-order chi connectivity index (χ1) is 13.8. The molecule has 0 radical (unpaired) electrons. The Bertz CT molecular complexity index is 799. The van der Waals surface area contributed by atoms with E-state index in [-0.39, 0.29) is 11.6 Å². The van der Waals surface area contributed by atoms with Gasteiger partial charge < -0.3 is 28.4 Å². The second kappa shape index (κ2) is 7.58. The lowest BCUT2D eigenvalue weighted by Gasteiger charge is -2.29. The van der Waals surface area contributed by atoms with E-state index in [1.807, 2.05) is 0 Å². The van der Waals surface area contributed by atoms with Gasteiger partial charge in [0.25, 0.3) is 0 Å². The average molecular weight is 453 g/mol. The normalized spacial score (nSPS) is 35.0. The molecule has 10 heteroatoms. The zero-order valence-corrected chi connectivity index (χ0v) is 17.8. The fourth-order valence-corrected chi connectivity index (χ4v) is 4.13. The van der Waals surface area contributed by atoms with Gasteiger partial charge in [-0.05, 0) is 45.4 Å². The second-order valence-electron chi connectivity index (χ2n) is 8.52. The molecule has 1 aromatic rings. The lowest BCUT2D eigenvalue weighted by molar-refractivity contribution is -0.236. The first-order valence-corrected chi connectivity index (χ1v) is 10.0. The highest BCUT2D eigenvalue weighted by atomic mass is 35.5. The number of fused-ring (bicyclic) bond motifs is 1. The highest BCUT2D eigenvalue weighted by Crippen LogP contribution is 2.42. The van der Waals surface area contributed by atoms with Crippen molar-refractivity contribution in [2.75, 3.05) is 6.61 Å². The van der Waals surface area contributed by atoms with Crippen LogP contribution in [0.5, 0.6) is 0 Å². The molecule has 3 saturated heterocycles. The number of hydrogen-bond donors (Lipinski definition) is 0. The third kappa shape index (κ3) is 4.48. The minimum absolute atomic E-state index is 0.0223. The van der Waals surface area contributed by atoms with E-state index in [0.29, 0.717) is 12.2 Å². The maximum absolute atomic E-state index is 12.9. The molecule has 0 saturated carbocycles.